The number of nitrogens with one attached hydrogen (secondary N) is 1. The van der Waals surface area contributed by atoms with Gasteiger partial charge in [-0.15, -0.1) is 0 Å². The van der Waals surface area contributed by atoms with Crippen LogP contribution in [-0.4, -0.2) is 62.0 Å². The summed E-state index contributed by atoms with van der Waals surface area (Å²) in [6.45, 7) is 11.4. The Hall–Kier alpha value is -0.610. The molecule has 0 fully saturated rings. The zero-order valence-corrected chi connectivity index (χ0v) is 12.3. The van der Waals surface area contributed by atoms with Crippen molar-refractivity contribution in [1.29, 1.82) is 0 Å². The molecule has 4 nitrogen and oxygen atoms in total. The first-order valence-corrected chi connectivity index (χ1v) is 6.58. The molecule has 0 aliphatic carbocycles. The van der Waals surface area contributed by atoms with E-state index in [4.69, 9.17) is 0 Å². The number of nitrogens with zero attached hydrogens (tertiary/aromatic N) is 2. The van der Waals surface area contributed by atoms with Gasteiger partial charge in [0, 0.05) is 25.7 Å². The van der Waals surface area contributed by atoms with Crippen molar-refractivity contribution in [2.45, 2.75) is 33.7 Å². The molecule has 17 heavy (non-hydrogen) atoms. The predicted octanol–water partition coefficient (Wildman–Crippen LogP) is 1.03. The number of carbonyl (C=O) groups excluding carboxylic acids is 1. The van der Waals surface area contributed by atoms with E-state index in [0.717, 1.165) is 19.6 Å². The monoisotopic (exact) mass is 243 g/mol. The molecule has 4 heteroatoms. The second-order valence-corrected chi connectivity index (χ2v) is 5.06. The van der Waals surface area contributed by atoms with Crippen molar-refractivity contribution < 1.29 is 4.79 Å². The van der Waals surface area contributed by atoms with Crippen LogP contribution in [0, 0.1) is 5.92 Å². The van der Waals surface area contributed by atoms with E-state index in [9.17, 15) is 4.79 Å². The Labute approximate surface area is 106 Å². The quantitative estimate of drug-likeness (QED) is 0.692. The molecule has 0 aliphatic heterocycles. The lowest BCUT2D eigenvalue weighted by molar-refractivity contribution is -0.130. The van der Waals surface area contributed by atoms with Gasteiger partial charge in [0.05, 0.1) is 6.54 Å². The van der Waals surface area contributed by atoms with Gasteiger partial charge in [0.2, 0.25) is 5.91 Å². The Morgan fingerprint density at radius 1 is 1.18 bits per heavy atom. The van der Waals surface area contributed by atoms with Crippen LogP contribution in [0.5, 0.6) is 0 Å². The summed E-state index contributed by atoms with van der Waals surface area (Å²) in [5.41, 5.74) is 0. The average Bonchev–Trinajstić information content (AvgIpc) is 2.25. The van der Waals surface area contributed by atoms with Crippen molar-refractivity contribution in [3.63, 3.8) is 0 Å². The molecule has 0 aromatic heterocycles. The van der Waals surface area contributed by atoms with E-state index < -0.39 is 0 Å². The summed E-state index contributed by atoms with van der Waals surface area (Å²) in [5, 5.41) is 3.37. The molecule has 0 radical (unpaired) electrons. The minimum absolute atomic E-state index is 0.194. The van der Waals surface area contributed by atoms with E-state index >= 15 is 0 Å². The molecule has 0 rings (SSSR count). The first-order valence-electron chi connectivity index (χ1n) is 6.58. The molecular formula is C13H29N3O. The molecule has 1 atom stereocenters. The second-order valence-electron chi connectivity index (χ2n) is 5.06. The summed E-state index contributed by atoms with van der Waals surface area (Å²) in [6.07, 6.45) is 0. The summed E-state index contributed by atoms with van der Waals surface area (Å²) < 4.78 is 0. The van der Waals surface area contributed by atoms with Gasteiger partial charge in [-0.3, -0.25) is 4.79 Å². The summed E-state index contributed by atoms with van der Waals surface area (Å²) >= 11 is 0. The van der Waals surface area contributed by atoms with Crippen molar-refractivity contribution in [1.82, 2.24) is 15.1 Å². The van der Waals surface area contributed by atoms with Gasteiger partial charge in [0.15, 0.2) is 0 Å². The fraction of sp³-hybridized carbons (Fsp3) is 0.923. The Morgan fingerprint density at radius 2 is 1.71 bits per heavy atom. The molecule has 0 spiro atoms. The average molecular weight is 243 g/mol. The second kappa shape index (κ2) is 8.48. The molecule has 0 saturated heterocycles. The lowest BCUT2D eigenvalue weighted by atomic mass is 10.0. The van der Waals surface area contributed by atoms with E-state index in [1.807, 2.05) is 18.7 Å². The summed E-state index contributed by atoms with van der Waals surface area (Å²) in [6, 6.07) is 0.365. The predicted molar refractivity (Wildman–Crippen MR) is 73.1 cm³/mol. The SMILES string of the molecule is CCN(CC)C(=O)CNC(CN(C)C)C(C)C. The van der Waals surface area contributed by atoms with Gasteiger partial charge in [-0.1, -0.05) is 13.8 Å². The third kappa shape index (κ3) is 6.64. The first-order chi connectivity index (χ1) is 7.92. The van der Waals surface area contributed by atoms with E-state index in [0.29, 0.717) is 18.5 Å². The van der Waals surface area contributed by atoms with Crippen LogP contribution in [0.4, 0.5) is 0 Å². The molecule has 0 saturated carbocycles. The van der Waals surface area contributed by atoms with Gasteiger partial charge in [-0.05, 0) is 33.9 Å². The summed E-state index contributed by atoms with van der Waals surface area (Å²) in [7, 11) is 4.12. The Kier molecular flexibility index (Phi) is 8.17. The van der Waals surface area contributed by atoms with Crippen LogP contribution in [-0.2, 0) is 4.79 Å². The normalized spacial score (nSPS) is 13.2. The number of rotatable bonds is 8. The third-order valence-electron chi connectivity index (χ3n) is 3.00. The van der Waals surface area contributed by atoms with Crippen LogP contribution < -0.4 is 5.32 Å². The highest BCUT2D eigenvalue weighted by Gasteiger charge is 2.16. The van der Waals surface area contributed by atoms with Crippen LogP contribution in [0.15, 0.2) is 0 Å². The molecule has 0 aliphatic rings. The molecule has 0 aromatic rings. The van der Waals surface area contributed by atoms with E-state index in [2.05, 4.69) is 38.2 Å². The van der Waals surface area contributed by atoms with E-state index in [1.54, 1.807) is 0 Å². The molecule has 1 unspecified atom stereocenters. The van der Waals surface area contributed by atoms with Gasteiger partial charge < -0.3 is 15.1 Å². The first kappa shape index (κ1) is 16.4. The maximum Gasteiger partial charge on any atom is 0.236 e. The van der Waals surface area contributed by atoms with E-state index in [-0.39, 0.29) is 5.91 Å². The Balaban J connectivity index is 4.16. The van der Waals surface area contributed by atoms with Gasteiger partial charge >= 0.3 is 0 Å². The largest absolute Gasteiger partial charge is 0.342 e. The molecule has 1 N–H and O–H groups in total. The highest BCUT2D eigenvalue weighted by Crippen LogP contribution is 2.02. The standard InChI is InChI=1S/C13H29N3O/c1-7-16(8-2)13(17)9-14-12(11(3)4)10-15(5)6/h11-12,14H,7-10H2,1-6H3. The lowest BCUT2D eigenvalue weighted by Crippen LogP contribution is -2.47. The molecule has 1 amide bonds. The topological polar surface area (TPSA) is 35.6 Å². The summed E-state index contributed by atoms with van der Waals surface area (Å²) in [5.74, 6) is 0.723. The number of likely N-dealkylation sites (N-methyl/N-ethyl adjacent to an activating group) is 2. The van der Waals surface area contributed by atoms with Gasteiger partial charge in [-0.2, -0.15) is 0 Å². The van der Waals surface area contributed by atoms with Crippen molar-refractivity contribution >= 4 is 5.91 Å². The van der Waals surface area contributed by atoms with E-state index in [1.165, 1.54) is 0 Å². The maximum absolute atomic E-state index is 11.9. The molecular weight excluding hydrogens is 214 g/mol. The van der Waals surface area contributed by atoms with Crippen LogP contribution in [0.2, 0.25) is 0 Å². The van der Waals surface area contributed by atoms with Crippen molar-refractivity contribution in [3.8, 4) is 0 Å². The molecule has 0 bridgehead atoms. The van der Waals surface area contributed by atoms with Crippen molar-refractivity contribution in [3.05, 3.63) is 0 Å². The fourth-order valence-corrected chi connectivity index (χ4v) is 1.81. The number of hydrogen-bond acceptors (Lipinski definition) is 3. The van der Waals surface area contributed by atoms with Gasteiger partial charge in [0.25, 0.3) is 0 Å². The van der Waals surface area contributed by atoms with Crippen molar-refractivity contribution in [2.75, 3.05) is 40.3 Å². The maximum atomic E-state index is 11.9. The van der Waals surface area contributed by atoms with Gasteiger partial charge in [0.1, 0.15) is 0 Å². The molecule has 102 valence electrons. The minimum Gasteiger partial charge on any atom is -0.342 e. The summed E-state index contributed by atoms with van der Waals surface area (Å²) in [4.78, 5) is 15.9. The number of hydrogen-bond donors (Lipinski definition) is 1. The van der Waals surface area contributed by atoms with Crippen LogP contribution >= 0.6 is 0 Å². The highest BCUT2D eigenvalue weighted by atomic mass is 16.2. The number of carbonyl (C=O) groups is 1. The van der Waals surface area contributed by atoms with Crippen LogP contribution in [0.3, 0.4) is 0 Å². The lowest BCUT2D eigenvalue weighted by Gasteiger charge is -2.27. The molecule has 0 heterocycles. The van der Waals surface area contributed by atoms with Crippen molar-refractivity contribution in [2.24, 2.45) is 5.92 Å². The van der Waals surface area contributed by atoms with Crippen LogP contribution in [0.25, 0.3) is 0 Å². The zero-order valence-electron chi connectivity index (χ0n) is 12.3. The zero-order chi connectivity index (χ0) is 13.4. The number of amides is 1. The Morgan fingerprint density at radius 3 is 2.06 bits per heavy atom. The highest BCUT2D eigenvalue weighted by molar-refractivity contribution is 5.78. The smallest absolute Gasteiger partial charge is 0.236 e. The molecule has 0 aromatic carbocycles. The fourth-order valence-electron chi connectivity index (χ4n) is 1.81. The Bertz CT molecular complexity index is 213. The minimum atomic E-state index is 0.194. The van der Waals surface area contributed by atoms with Gasteiger partial charge in [-0.25, -0.2) is 0 Å². The van der Waals surface area contributed by atoms with Crippen LogP contribution in [0.1, 0.15) is 27.7 Å². The third-order valence-corrected chi connectivity index (χ3v) is 3.00.